The van der Waals surface area contributed by atoms with Crippen LogP contribution in [-0.2, 0) is 4.79 Å². The molecule has 0 bridgehead atoms. The molecule has 2 rings (SSSR count). The number of aliphatic imine (C=N–C) groups is 1. The minimum absolute atomic E-state index is 0. The molecule has 0 radical (unpaired) electrons. The molecule has 1 atom stereocenters. The first kappa shape index (κ1) is 24.4. The van der Waals surface area contributed by atoms with E-state index >= 15 is 0 Å². The Morgan fingerprint density at radius 2 is 1.93 bits per heavy atom. The predicted octanol–water partition coefficient (Wildman–Crippen LogP) is 2.49. The van der Waals surface area contributed by atoms with Gasteiger partial charge in [0.05, 0.1) is 5.41 Å². The number of hydrogen-bond donors (Lipinski definition) is 3. The van der Waals surface area contributed by atoms with Crippen molar-refractivity contribution in [3.05, 3.63) is 29.8 Å². The summed E-state index contributed by atoms with van der Waals surface area (Å²) >= 11 is 0. The topological polar surface area (TPSA) is 68.8 Å². The lowest BCUT2D eigenvalue weighted by atomic mass is 9.92. The molecular formula is C19H30F2IN5O. The van der Waals surface area contributed by atoms with Crippen LogP contribution in [0.25, 0.3) is 0 Å². The fourth-order valence-electron chi connectivity index (χ4n) is 3.05. The second kappa shape index (κ2) is 10.8. The lowest BCUT2D eigenvalue weighted by Gasteiger charge is -2.26. The molecule has 0 aromatic heterocycles. The van der Waals surface area contributed by atoms with Gasteiger partial charge in [-0.15, -0.1) is 24.0 Å². The van der Waals surface area contributed by atoms with Crippen molar-refractivity contribution in [1.29, 1.82) is 0 Å². The van der Waals surface area contributed by atoms with Crippen molar-refractivity contribution in [3.63, 3.8) is 0 Å². The minimum atomic E-state index is -0.592. The maximum atomic E-state index is 14.0. The maximum Gasteiger partial charge on any atom is 0.227 e. The van der Waals surface area contributed by atoms with Gasteiger partial charge in [-0.2, -0.15) is 0 Å². The third-order valence-electron chi connectivity index (χ3n) is 4.66. The number of amides is 1. The van der Waals surface area contributed by atoms with Gasteiger partial charge in [0, 0.05) is 39.3 Å². The van der Waals surface area contributed by atoms with Crippen LogP contribution in [0.15, 0.2) is 23.2 Å². The molecule has 1 aromatic rings. The highest BCUT2D eigenvalue weighted by Gasteiger charge is 2.29. The molecule has 1 heterocycles. The van der Waals surface area contributed by atoms with E-state index in [0.29, 0.717) is 32.1 Å². The fraction of sp³-hybridized carbons (Fsp3) is 0.579. The zero-order chi connectivity index (χ0) is 20.0. The molecule has 0 spiro atoms. The Balaban J connectivity index is 0.00000392. The van der Waals surface area contributed by atoms with Crippen LogP contribution in [0.3, 0.4) is 0 Å². The highest BCUT2D eigenvalue weighted by atomic mass is 127. The van der Waals surface area contributed by atoms with Crippen LogP contribution in [0.2, 0.25) is 0 Å². The molecule has 3 N–H and O–H groups in total. The molecular weight excluding hydrogens is 479 g/mol. The molecule has 1 aliphatic heterocycles. The fourth-order valence-corrected chi connectivity index (χ4v) is 3.05. The van der Waals surface area contributed by atoms with Crippen LogP contribution in [0.4, 0.5) is 14.5 Å². The first-order valence-electron chi connectivity index (χ1n) is 9.23. The van der Waals surface area contributed by atoms with E-state index in [1.54, 1.807) is 11.9 Å². The average molecular weight is 509 g/mol. The van der Waals surface area contributed by atoms with Gasteiger partial charge in [0.25, 0.3) is 0 Å². The third kappa shape index (κ3) is 6.18. The second-order valence-corrected chi connectivity index (χ2v) is 7.32. The Labute approximate surface area is 182 Å². The minimum Gasteiger partial charge on any atom is -0.365 e. The highest BCUT2D eigenvalue weighted by Crippen LogP contribution is 2.26. The molecule has 158 valence electrons. The van der Waals surface area contributed by atoms with Gasteiger partial charge >= 0.3 is 0 Å². The molecule has 1 aliphatic rings. The number of para-hydroxylation sites is 1. The van der Waals surface area contributed by atoms with E-state index in [0.717, 1.165) is 6.42 Å². The summed E-state index contributed by atoms with van der Waals surface area (Å²) in [6.07, 6.45) is 0.730. The number of rotatable bonds is 6. The number of nitrogens with one attached hydrogen (secondary N) is 3. The van der Waals surface area contributed by atoms with Crippen molar-refractivity contribution in [2.75, 3.05) is 38.1 Å². The van der Waals surface area contributed by atoms with Crippen LogP contribution >= 0.6 is 24.0 Å². The van der Waals surface area contributed by atoms with E-state index in [1.807, 2.05) is 20.8 Å². The summed E-state index contributed by atoms with van der Waals surface area (Å²) in [6, 6.07) is 3.90. The normalized spacial score (nSPS) is 17.1. The summed E-state index contributed by atoms with van der Waals surface area (Å²) in [6.45, 7) is 7.62. The largest absolute Gasteiger partial charge is 0.365 e. The van der Waals surface area contributed by atoms with E-state index < -0.39 is 17.0 Å². The molecule has 1 fully saturated rings. The molecule has 0 aliphatic carbocycles. The van der Waals surface area contributed by atoms with Crippen LogP contribution < -0.4 is 20.9 Å². The van der Waals surface area contributed by atoms with Gasteiger partial charge in [-0.05, 0) is 39.3 Å². The molecule has 28 heavy (non-hydrogen) atoms. The monoisotopic (exact) mass is 509 g/mol. The van der Waals surface area contributed by atoms with E-state index in [4.69, 9.17) is 0 Å². The van der Waals surface area contributed by atoms with Crippen LogP contribution in [0.5, 0.6) is 0 Å². The van der Waals surface area contributed by atoms with Crippen LogP contribution in [0, 0.1) is 17.0 Å². The highest BCUT2D eigenvalue weighted by molar-refractivity contribution is 14.0. The molecule has 0 saturated carbocycles. The number of halogens is 3. The van der Waals surface area contributed by atoms with Gasteiger partial charge in [0.2, 0.25) is 5.91 Å². The van der Waals surface area contributed by atoms with Gasteiger partial charge in [0.1, 0.15) is 17.3 Å². The Kier molecular flexibility index (Phi) is 9.38. The molecule has 1 amide bonds. The summed E-state index contributed by atoms with van der Waals surface area (Å²) in [4.78, 5) is 18.0. The number of carbonyl (C=O) groups is 1. The summed E-state index contributed by atoms with van der Waals surface area (Å²) in [5.41, 5.74) is -0.576. The Morgan fingerprint density at radius 3 is 2.50 bits per heavy atom. The van der Waals surface area contributed by atoms with E-state index in [2.05, 4.69) is 20.9 Å². The van der Waals surface area contributed by atoms with Crippen molar-refractivity contribution in [1.82, 2.24) is 16.0 Å². The quantitative estimate of drug-likeness (QED) is 0.313. The first-order valence-corrected chi connectivity index (χ1v) is 9.23. The number of hydrogen-bond acceptors (Lipinski definition) is 3. The zero-order valence-corrected chi connectivity index (χ0v) is 19.1. The number of nitrogens with zero attached hydrogens (tertiary/aromatic N) is 2. The molecule has 1 unspecified atom stereocenters. The van der Waals surface area contributed by atoms with Crippen molar-refractivity contribution < 1.29 is 13.6 Å². The third-order valence-corrected chi connectivity index (χ3v) is 4.66. The lowest BCUT2D eigenvalue weighted by Crippen LogP contribution is -2.50. The van der Waals surface area contributed by atoms with Gasteiger partial charge in [-0.3, -0.25) is 9.79 Å². The van der Waals surface area contributed by atoms with Gasteiger partial charge < -0.3 is 20.9 Å². The second-order valence-electron chi connectivity index (χ2n) is 7.32. The zero-order valence-electron chi connectivity index (χ0n) is 16.8. The smallest absolute Gasteiger partial charge is 0.227 e. The summed E-state index contributed by atoms with van der Waals surface area (Å²) in [7, 11) is 1.65. The maximum absolute atomic E-state index is 14.0. The Hall–Kier alpha value is -1.65. The van der Waals surface area contributed by atoms with Crippen molar-refractivity contribution in [3.8, 4) is 0 Å². The average Bonchev–Trinajstić information content (AvgIpc) is 3.06. The molecule has 1 saturated heterocycles. The SMILES string of the molecule is CCNC(=O)C(C)(C)CNC(=NC)NC1CCN(c2c(F)cccc2F)C1.I. The molecule has 9 heteroatoms. The summed E-state index contributed by atoms with van der Waals surface area (Å²) in [5, 5.41) is 9.25. The Morgan fingerprint density at radius 1 is 1.29 bits per heavy atom. The predicted molar refractivity (Wildman–Crippen MR) is 119 cm³/mol. The first-order chi connectivity index (χ1) is 12.8. The van der Waals surface area contributed by atoms with E-state index in [1.165, 1.54) is 18.2 Å². The molecule has 6 nitrogen and oxygen atoms in total. The number of carbonyl (C=O) groups excluding carboxylic acids is 1. The van der Waals surface area contributed by atoms with E-state index in [-0.39, 0.29) is 41.6 Å². The summed E-state index contributed by atoms with van der Waals surface area (Å²) < 4.78 is 27.9. The van der Waals surface area contributed by atoms with Gasteiger partial charge in [-0.1, -0.05) is 6.07 Å². The molecule has 1 aromatic carbocycles. The number of benzene rings is 1. The van der Waals surface area contributed by atoms with Crippen molar-refractivity contribution >= 4 is 41.5 Å². The number of guanidine groups is 1. The van der Waals surface area contributed by atoms with Gasteiger partial charge in [0.15, 0.2) is 5.96 Å². The van der Waals surface area contributed by atoms with E-state index in [9.17, 15) is 13.6 Å². The lowest BCUT2D eigenvalue weighted by molar-refractivity contribution is -0.128. The van der Waals surface area contributed by atoms with Crippen LogP contribution in [-0.4, -0.2) is 51.1 Å². The van der Waals surface area contributed by atoms with Crippen LogP contribution in [0.1, 0.15) is 27.2 Å². The van der Waals surface area contributed by atoms with Crippen molar-refractivity contribution in [2.24, 2.45) is 10.4 Å². The standard InChI is InChI=1S/C19H29F2N5O.HI/c1-5-23-17(27)19(2,3)12-24-18(22-4)25-13-9-10-26(11-13)16-14(20)7-6-8-15(16)21;/h6-8,13H,5,9-12H2,1-4H3,(H,23,27)(H2,22,24,25);1H. The summed E-state index contributed by atoms with van der Waals surface area (Å²) in [5.74, 6) is -0.577. The Bertz CT molecular complexity index is 679. The van der Waals surface area contributed by atoms with Crippen molar-refractivity contribution in [2.45, 2.75) is 33.2 Å². The van der Waals surface area contributed by atoms with Gasteiger partial charge in [-0.25, -0.2) is 8.78 Å². The number of anilines is 1.